The molecule has 0 radical (unpaired) electrons. The van der Waals surface area contributed by atoms with Gasteiger partial charge in [-0.05, 0) is 6.92 Å². The fraction of sp³-hybridized carbons (Fsp3) is 0.900. The van der Waals surface area contributed by atoms with Gasteiger partial charge in [-0.1, -0.05) is 11.8 Å². The third-order valence-electron chi connectivity index (χ3n) is 2.90. The highest BCUT2D eigenvalue weighted by Crippen LogP contribution is 2.38. The second-order valence-corrected chi connectivity index (χ2v) is 5.45. The van der Waals surface area contributed by atoms with Crippen LogP contribution in [0.3, 0.4) is 0 Å². The van der Waals surface area contributed by atoms with Gasteiger partial charge in [-0.25, -0.2) is 4.39 Å². The first-order valence-electron chi connectivity index (χ1n) is 5.84. The van der Waals surface area contributed by atoms with Gasteiger partial charge < -0.3 is 15.2 Å². The first-order valence-corrected chi connectivity index (χ1v) is 6.71. The number of ether oxygens (including phenoxy) is 1. The molecule has 2 aliphatic heterocycles. The molecule has 2 heterocycles. The van der Waals surface area contributed by atoms with Crippen molar-refractivity contribution >= 4 is 16.9 Å². The summed E-state index contributed by atoms with van der Waals surface area (Å²) in [6.07, 6.45) is -11.1. The molecule has 2 aliphatic rings. The second kappa shape index (κ2) is 5.45. The molecule has 5 unspecified atom stereocenters. The molecule has 0 aromatic heterocycles. The van der Waals surface area contributed by atoms with Crippen LogP contribution < -0.4 is 5.32 Å². The highest BCUT2D eigenvalue weighted by Gasteiger charge is 2.52. The molecule has 2 rings (SSSR count). The van der Waals surface area contributed by atoms with E-state index in [9.17, 15) is 22.7 Å². The van der Waals surface area contributed by atoms with Gasteiger partial charge in [0.25, 0.3) is 0 Å². The minimum atomic E-state index is -4.50. The summed E-state index contributed by atoms with van der Waals surface area (Å²) in [5.74, 6) is 0. The van der Waals surface area contributed by atoms with E-state index in [1.54, 1.807) is 6.92 Å². The summed E-state index contributed by atoms with van der Waals surface area (Å²) in [5.41, 5.74) is -0.795. The van der Waals surface area contributed by atoms with Crippen molar-refractivity contribution in [2.24, 2.45) is 4.99 Å². The quantitative estimate of drug-likeness (QED) is 0.758. The number of thioether (sulfide) groups is 1. The summed E-state index contributed by atoms with van der Waals surface area (Å²) in [5, 5.41) is 12.7. The zero-order valence-electron chi connectivity index (χ0n) is 10.0. The molecule has 0 aromatic rings. The van der Waals surface area contributed by atoms with Crippen molar-refractivity contribution in [3.63, 3.8) is 0 Å². The number of alkyl halides is 4. The summed E-state index contributed by atoms with van der Waals surface area (Å²) < 4.78 is 56.1. The Balaban J connectivity index is 2.08. The molecule has 19 heavy (non-hydrogen) atoms. The average Bonchev–Trinajstić information content (AvgIpc) is 2.67. The van der Waals surface area contributed by atoms with Crippen LogP contribution >= 0.6 is 11.8 Å². The third kappa shape index (κ3) is 3.32. The molecule has 110 valence electrons. The molecule has 0 saturated carbocycles. The normalized spacial score (nSPS) is 41.2. The predicted octanol–water partition coefficient (Wildman–Crippen LogP) is 1.44. The van der Waals surface area contributed by atoms with Gasteiger partial charge in [0.1, 0.15) is 11.5 Å². The van der Waals surface area contributed by atoms with Gasteiger partial charge in [0.05, 0.1) is 18.6 Å². The Hall–Kier alpha value is -0.540. The van der Waals surface area contributed by atoms with Crippen LogP contribution in [0.25, 0.3) is 0 Å². The number of nitrogens with one attached hydrogen (secondary N) is 1. The first-order chi connectivity index (χ1) is 8.81. The minimum Gasteiger partial charge on any atom is -0.387 e. The average molecular weight is 302 g/mol. The fourth-order valence-electron chi connectivity index (χ4n) is 2.06. The summed E-state index contributed by atoms with van der Waals surface area (Å²) in [4.78, 5) is 4.02. The molecule has 0 spiro atoms. The lowest BCUT2D eigenvalue weighted by atomic mass is 9.97. The molecule has 2 saturated heterocycles. The fourth-order valence-corrected chi connectivity index (χ4v) is 3.25. The number of hydrogen-bond donors (Lipinski definition) is 2. The Kier molecular flexibility index (Phi) is 4.26. The van der Waals surface area contributed by atoms with Crippen LogP contribution in [0.4, 0.5) is 17.6 Å². The van der Waals surface area contributed by atoms with Crippen LogP contribution in [0.2, 0.25) is 0 Å². The predicted molar refractivity (Wildman–Crippen MR) is 62.7 cm³/mol. The van der Waals surface area contributed by atoms with Crippen LogP contribution in [-0.4, -0.2) is 52.9 Å². The maximum Gasteiger partial charge on any atom is 0.391 e. The molecule has 2 fully saturated rings. The van der Waals surface area contributed by atoms with Crippen molar-refractivity contribution in [2.75, 3.05) is 6.54 Å². The Morgan fingerprint density at radius 2 is 2.16 bits per heavy atom. The van der Waals surface area contributed by atoms with Crippen molar-refractivity contribution in [1.29, 1.82) is 0 Å². The third-order valence-corrected chi connectivity index (χ3v) is 4.01. The monoisotopic (exact) mass is 302 g/mol. The van der Waals surface area contributed by atoms with Gasteiger partial charge in [-0.2, -0.15) is 13.2 Å². The Bertz CT molecular complexity index is 366. The van der Waals surface area contributed by atoms with E-state index in [4.69, 9.17) is 4.74 Å². The standard InChI is InChI=1S/C10H14F4N2O2S/c1-2-15-9-16-6-5(11)7(17)4(3-10(12,13)14)18-8(6)19-9/h4-8,17H,2-3H2,1H3,(H,15,16). The van der Waals surface area contributed by atoms with Gasteiger partial charge in [0.15, 0.2) is 11.3 Å². The molecule has 0 bridgehead atoms. The van der Waals surface area contributed by atoms with Crippen molar-refractivity contribution < 1.29 is 27.4 Å². The highest BCUT2D eigenvalue weighted by atomic mass is 32.2. The summed E-state index contributed by atoms with van der Waals surface area (Å²) in [6.45, 7) is 2.26. The molecular formula is C10H14F4N2O2S. The van der Waals surface area contributed by atoms with Crippen molar-refractivity contribution in [1.82, 2.24) is 5.32 Å². The van der Waals surface area contributed by atoms with E-state index in [1.807, 2.05) is 0 Å². The number of nitrogens with zero attached hydrogens (tertiary/aromatic N) is 1. The highest BCUT2D eigenvalue weighted by molar-refractivity contribution is 8.14. The number of aliphatic hydroxyl groups excluding tert-OH is 1. The van der Waals surface area contributed by atoms with Gasteiger partial charge in [-0.3, -0.25) is 4.99 Å². The van der Waals surface area contributed by atoms with Crippen LogP contribution in [0.5, 0.6) is 0 Å². The van der Waals surface area contributed by atoms with E-state index in [0.717, 1.165) is 11.8 Å². The van der Waals surface area contributed by atoms with E-state index < -0.39 is 42.5 Å². The first kappa shape index (κ1) is 14.9. The molecule has 0 aromatic carbocycles. The van der Waals surface area contributed by atoms with Crippen LogP contribution in [0.15, 0.2) is 4.99 Å². The van der Waals surface area contributed by atoms with Crippen LogP contribution in [0, 0.1) is 0 Å². The SMILES string of the molecule is CCN=C1NC2C(OC(CC(F)(F)F)C(O)C2F)S1. The van der Waals surface area contributed by atoms with Crippen molar-refractivity contribution in [2.45, 2.75) is 49.4 Å². The molecule has 9 heteroatoms. The summed E-state index contributed by atoms with van der Waals surface area (Å²) in [7, 11) is 0. The number of fused-ring (bicyclic) bond motifs is 1. The van der Waals surface area contributed by atoms with Gasteiger partial charge in [0, 0.05) is 6.54 Å². The lowest BCUT2D eigenvalue weighted by Gasteiger charge is -2.37. The van der Waals surface area contributed by atoms with Crippen LogP contribution in [-0.2, 0) is 4.74 Å². The van der Waals surface area contributed by atoms with E-state index in [2.05, 4.69) is 10.3 Å². The number of rotatable bonds is 2. The molecule has 0 amide bonds. The van der Waals surface area contributed by atoms with Gasteiger partial charge in [0.2, 0.25) is 0 Å². The minimum absolute atomic E-state index is 0.431. The second-order valence-electron chi connectivity index (χ2n) is 4.36. The maximum atomic E-state index is 13.9. The van der Waals surface area contributed by atoms with Crippen LogP contribution in [0.1, 0.15) is 13.3 Å². The van der Waals surface area contributed by atoms with Gasteiger partial charge >= 0.3 is 6.18 Å². The zero-order valence-corrected chi connectivity index (χ0v) is 10.8. The zero-order chi connectivity index (χ0) is 14.2. The molecular weight excluding hydrogens is 288 g/mol. The largest absolute Gasteiger partial charge is 0.391 e. The number of aliphatic imine (C=N–C) groups is 1. The Morgan fingerprint density at radius 1 is 1.47 bits per heavy atom. The van der Waals surface area contributed by atoms with Crippen molar-refractivity contribution in [3.05, 3.63) is 0 Å². The number of hydrogen-bond acceptors (Lipinski definition) is 4. The Morgan fingerprint density at radius 3 is 2.74 bits per heavy atom. The summed E-state index contributed by atoms with van der Waals surface area (Å²) >= 11 is 1.05. The van der Waals surface area contributed by atoms with Gasteiger partial charge in [-0.15, -0.1) is 0 Å². The lowest BCUT2D eigenvalue weighted by Crippen LogP contribution is -2.57. The number of halogens is 4. The molecule has 4 nitrogen and oxygen atoms in total. The van der Waals surface area contributed by atoms with E-state index in [-0.39, 0.29) is 0 Å². The van der Waals surface area contributed by atoms with E-state index in [1.165, 1.54) is 0 Å². The molecule has 0 aliphatic carbocycles. The smallest absolute Gasteiger partial charge is 0.387 e. The molecule has 2 N–H and O–H groups in total. The Labute approximate surface area is 111 Å². The molecule has 5 atom stereocenters. The number of amidine groups is 1. The van der Waals surface area contributed by atoms with E-state index in [0.29, 0.717) is 11.7 Å². The lowest BCUT2D eigenvalue weighted by molar-refractivity contribution is -0.202. The number of aliphatic hydroxyl groups is 1. The maximum absolute atomic E-state index is 13.9. The van der Waals surface area contributed by atoms with Crippen molar-refractivity contribution in [3.8, 4) is 0 Å². The van der Waals surface area contributed by atoms with E-state index >= 15 is 0 Å². The summed E-state index contributed by atoms with van der Waals surface area (Å²) in [6, 6.07) is -0.866. The topological polar surface area (TPSA) is 53.9 Å².